The highest BCUT2D eigenvalue weighted by Gasteiger charge is 2.21. The van der Waals surface area contributed by atoms with Crippen molar-refractivity contribution < 1.29 is 4.74 Å². The zero-order chi connectivity index (χ0) is 16.1. The zero-order valence-corrected chi connectivity index (χ0v) is 15.6. The summed E-state index contributed by atoms with van der Waals surface area (Å²) in [4.78, 5) is 11.1. The second-order valence-electron chi connectivity index (χ2n) is 6.20. The Labute approximate surface area is 142 Å². The Morgan fingerprint density at radius 2 is 2.09 bits per heavy atom. The Morgan fingerprint density at radius 3 is 2.73 bits per heavy atom. The van der Waals surface area contributed by atoms with Gasteiger partial charge in [0.1, 0.15) is 6.10 Å². The standard InChI is InChI=1S/C17H26BrN3O/c1-5-21(4)11-19-16-10-15(18)17(20-13(16)3)22-14-8-6-12(2)7-9-14/h10-12,14H,5-9H2,1-4H3. The molecule has 4 nitrogen and oxygen atoms in total. The van der Waals surface area contributed by atoms with Crippen LogP contribution in [0.15, 0.2) is 15.5 Å². The molecule has 0 aromatic carbocycles. The minimum absolute atomic E-state index is 0.292. The van der Waals surface area contributed by atoms with Gasteiger partial charge in [-0.15, -0.1) is 0 Å². The van der Waals surface area contributed by atoms with Crippen LogP contribution in [0.2, 0.25) is 0 Å². The molecule has 5 heteroatoms. The fourth-order valence-electron chi connectivity index (χ4n) is 2.51. The molecule has 1 heterocycles. The molecule has 1 fully saturated rings. The predicted octanol–water partition coefficient (Wildman–Crippen LogP) is 4.72. The van der Waals surface area contributed by atoms with E-state index >= 15 is 0 Å². The Morgan fingerprint density at radius 1 is 1.41 bits per heavy atom. The lowest BCUT2D eigenvalue weighted by Crippen LogP contribution is -2.23. The summed E-state index contributed by atoms with van der Waals surface area (Å²) in [6.45, 7) is 7.31. The molecule has 1 saturated carbocycles. The molecule has 0 unspecified atom stereocenters. The van der Waals surface area contributed by atoms with E-state index in [0.717, 1.165) is 41.2 Å². The third-order valence-corrected chi connectivity index (χ3v) is 4.81. The van der Waals surface area contributed by atoms with Crippen LogP contribution in [0, 0.1) is 12.8 Å². The van der Waals surface area contributed by atoms with Crippen molar-refractivity contribution >= 4 is 28.0 Å². The molecule has 1 aliphatic rings. The summed E-state index contributed by atoms with van der Waals surface area (Å²) in [5.74, 6) is 1.52. The van der Waals surface area contributed by atoms with Crippen LogP contribution in [0.4, 0.5) is 5.69 Å². The summed E-state index contributed by atoms with van der Waals surface area (Å²) in [6, 6.07) is 1.99. The first kappa shape index (κ1) is 17.3. The molecular weight excluding hydrogens is 342 g/mol. The van der Waals surface area contributed by atoms with E-state index in [4.69, 9.17) is 4.74 Å². The minimum atomic E-state index is 0.292. The third-order valence-electron chi connectivity index (χ3n) is 4.24. The number of aryl methyl sites for hydroxylation is 1. The van der Waals surface area contributed by atoms with Crippen molar-refractivity contribution in [1.29, 1.82) is 0 Å². The van der Waals surface area contributed by atoms with Crippen LogP contribution < -0.4 is 4.74 Å². The van der Waals surface area contributed by atoms with Gasteiger partial charge in [-0.2, -0.15) is 0 Å². The number of ether oxygens (including phenoxy) is 1. The summed E-state index contributed by atoms with van der Waals surface area (Å²) >= 11 is 3.57. The highest BCUT2D eigenvalue weighted by molar-refractivity contribution is 9.10. The van der Waals surface area contributed by atoms with Crippen molar-refractivity contribution in [2.24, 2.45) is 10.9 Å². The van der Waals surface area contributed by atoms with Gasteiger partial charge in [-0.3, -0.25) is 0 Å². The lowest BCUT2D eigenvalue weighted by molar-refractivity contribution is 0.129. The second kappa shape index (κ2) is 7.95. The first-order chi connectivity index (χ1) is 10.5. The molecule has 0 spiro atoms. The molecule has 2 rings (SSSR count). The minimum Gasteiger partial charge on any atom is -0.474 e. The Balaban J connectivity index is 2.07. The quantitative estimate of drug-likeness (QED) is 0.557. The summed E-state index contributed by atoms with van der Waals surface area (Å²) in [5, 5.41) is 0. The second-order valence-corrected chi connectivity index (χ2v) is 7.05. The third kappa shape index (κ3) is 4.70. The van der Waals surface area contributed by atoms with Crippen molar-refractivity contribution in [3.63, 3.8) is 0 Å². The summed E-state index contributed by atoms with van der Waals surface area (Å²) < 4.78 is 6.97. The molecule has 0 N–H and O–H groups in total. The molecule has 0 radical (unpaired) electrons. The maximum absolute atomic E-state index is 6.10. The summed E-state index contributed by atoms with van der Waals surface area (Å²) in [6.07, 6.45) is 6.85. The zero-order valence-electron chi connectivity index (χ0n) is 14.0. The van der Waals surface area contributed by atoms with Gasteiger partial charge in [-0.1, -0.05) is 6.92 Å². The number of aliphatic imine (C=N–C) groups is 1. The van der Waals surface area contributed by atoms with Crippen molar-refractivity contribution in [3.8, 4) is 5.88 Å². The van der Waals surface area contributed by atoms with Gasteiger partial charge >= 0.3 is 0 Å². The van der Waals surface area contributed by atoms with E-state index in [9.17, 15) is 0 Å². The van der Waals surface area contributed by atoms with Crippen molar-refractivity contribution in [2.45, 2.75) is 52.6 Å². The van der Waals surface area contributed by atoms with Gasteiger partial charge in [-0.05, 0) is 67.4 Å². The van der Waals surface area contributed by atoms with E-state index in [0.29, 0.717) is 12.0 Å². The Kier molecular flexibility index (Phi) is 6.24. The van der Waals surface area contributed by atoms with E-state index in [1.807, 2.05) is 31.3 Å². The number of hydrogen-bond donors (Lipinski definition) is 0. The van der Waals surface area contributed by atoms with Gasteiger partial charge in [0.2, 0.25) is 5.88 Å². The highest BCUT2D eigenvalue weighted by atomic mass is 79.9. The highest BCUT2D eigenvalue weighted by Crippen LogP contribution is 2.33. The number of nitrogens with zero attached hydrogens (tertiary/aromatic N) is 3. The Hall–Kier alpha value is -1.10. The normalized spacial score (nSPS) is 22.0. The predicted molar refractivity (Wildman–Crippen MR) is 95.2 cm³/mol. The molecule has 0 amide bonds. The van der Waals surface area contributed by atoms with Crippen LogP contribution in [0.25, 0.3) is 0 Å². The molecule has 0 saturated heterocycles. The van der Waals surface area contributed by atoms with Crippen molar-refractivity contribution in [1.82, 2.24) is 9.88 Å². The molecule has 1 aliphatic carbocycles. The first-order valence-electron chi connectivity index (χ1n) is 8.07. The van der Waals surface area contributed by atoms with Gasteiger partial charge in [0.05, 0.1) is 22.2 Å². The van der Waals surface area contributed by atoms with Crippen molar-refractivity contribution in [2.75, 3.05) is 13.6 Å². The number of rotatable bonds is 5. The molecule has 1 aromatic rings. The summed E-state index contributed by atoms with van der Waals surface area (Å²) in [5.41, 5.74) is 1.76. The van der Waals surface area contributed by atoms with Gasteiger partial charge in [0, 0.05) is 13.6 Å². The SMILES string of the molecule is CCN(C)C=Nc1cc(Br)c(OC2CCC(C)CC2)nc1C. The van der Waals surface area contributed by atoms with Crippen LogP contribution in [0.3, 0.4) is 0 Å². The Bertz CT molecular complexity index is 525. The number of hydrogen-bond acceptors (Lipinski definition) is 3. The topological polar surface area (TPSA) is 37.7 Å². The lowest BCUT2D eigenvalue weighted by atomic mass is 9.89. The maximum atomic E-state index is 6.10. The average molecular weight is 368 g/mol. The molecule has 0 atom stereocenters. The molecular formula is C17H26BrN3O. The van der Waals surface area contributed by atoms with E-state index < -0.39 is 0 Å². The van der Waals surface area contributed by atoms with Crippen LogP contribution in [0.1, 0.15) is 45.2 Å². The molecule has 122 valence electrons. The van der Waals surface area contributed by atoms with Crippen LogP contribution in [-0.2, 0) is 0 Å². The number of aromatic nitrogens is 1. The fraction of sp³-hybridized carbons (Fsp3) is 0.647. The van der Waals surface area contributed by atoms with Crippen molar-refractivity contribution in [3.05, 3.63) is 16.2 Å². The van der Waals surface area contributed by atoms with Crippen LogP contribution >= 0.6 is 15.9 Å². The van der Waals surface area contributed by atoms with Gasteiger partial charge in [0.15, 0.2) is 0 Å². The first-order valence-corrected chi connectivity index (χ1v) is 8.87. The van der Waals surface area contributed by atoms with Gasteiger partial charge in [-0.25, -0.2) is 9.98 Å². The van der Waals surface area contributed by atoms with E-state index in [-0.39, 0.29) is 0 Å². The van der Waals surface area contributed by atoms with E-state index in [1.54, 1.807) is 0 Å². The monoisotopic (exact) mass is 367 g/mol. The summed E-state index contributed by atoms with van der Waals surface area (Å²) in [7, 11) is 2.00. The number of pyridine rings is 1. The number of halogens is 1. The maximum Gasteiger partial charge on any atom is 0.228 e. The molecule has 1 aromatic heterocycles. The van der Waals surface area contributed by atoms with Crippen LogP contribution in [-0.4, -0.2) is 35.9 Å². The largest absolute Gasteiger partial charge is 0.474 e. The molecule has 0 bridgehead atoms. The molecule has 0 aliphatic heterocycles. The fourth-order valence-corrected chi connectivity index (χ4v) is 2.91. The molecule has 22 heavy (non-hydrogen) atoms. The van der Waals surface area contributed by atoms with Gasteiger partial charge in [0.25, 0.3) is 0 Å². The van der Waals surface area contributed by atoms with E-state index in [2.05, 4.69) is 39.8 Å². The smallest absolute Gasteiger partial charge is 0.228 e. The lowest BCUT2D eigenvalue weighted by Gasteiger charge is -2.26. The van der Waals surface area contributed by atoms with Crippen LogP contribution in [0.5, 0.6) is 5.88 Å². The van der Waals surface area contributed by atoms with E-state index in [1.165, 1.54) is 12.8 Å². The van der Waals surface area contributed by atoms with Gasteiger partial charge < -0.3 is 9.64 Å². The average Bonchev–Trinajstić information content (AvgIpc) is 2.51.